The first-order chi connectivity index (χ1) is 5.06. The predicted molar refractivity (Wildman–Crippen MR) is 45.0 cm³/mol. The lowest BCUT2D eigenvalue weighted by atomic mass is 9.93. The van der Waals surface area contributed by atoms with Crippen LogP contribution in [0.15, 0.2) is 10.6 Å². The summed E-state index contributed by atoms with van der Waals surface area (Å²) in [6.45, 7) is 5.96. The van der Waals surface area contributed by atoms with Crippen molar-refractivity contribution in [1.82, 2.24) is 5.16 Å². The van der Waals surface area contributed by atoms with Gasteiger partial charge in [-0.05, 0) is 6.92 Å². The Hall–Kier alpha value is -0.500. The summed E-state index contributed by atoms with van der Waals surface area (Å²) in [5.41, 5.74) is 0.793. The quantitative estimate of drug-likeness (QED) is 0.643. The lowest BCUT2D eigenvalue weighted by Crippen LogP contribution is -2.17. The molecule has 1 aromatic rings. The van der Waals surface area contributed by atoms with Crippen LogP contribution in [-0.2, 0) is 5.41 Å². The molecule has 0 radical (unpaired) electrons. The molecule has 0 spiro atoms. The van der Waals surface area contributed by atoms with E-state index in [2.05, 4.69) is 5.16 Å². The second kappa shape index (κ2) is 2.86. The third kappa shape index (κ3) is 1.74. The van der Waals surface area contributed by atoms with Gasteiger partial charge in [-0.25, -0.2) is 0 Å². The second-order valence-electron chi connectivity index (χ2n) is 3.35. The summed E-state index contributed by atoms with van der Waals surface area (Å²) < 4.78 is 5.09. The van der Waals surface area contributed by atoms with Gasteiger partial charge in [0.15, 0.2) is 0 Å². The molecular formula is C8H12ClNO. The summed E-state index contributed by atoms with van der Waals surface area (Å²) in [5.74, 6) is 1.40. The zero-order valence-corrected chi connectivity index (χ0v) is 7.77. The molecule has 0 aliphatic rings. The van der Waals surface area contributed by atoms with Gasteiger partial charge in [0.2, 0.25) is 0 Å². The molecule has 0 aliphatic heterocycles. The zero-order chi connectivity index (χ0) is 8.48. The van der Waals surface area contributed by atoms with Crippen molar-refractivity contribution in [1.29, 1.82) is 0 Å². The standard InChI is InChI=1S/C8H12ClNO/c1-6-4-7(11-10-6)8(2,3)5-9/h4H,5H2,1-3H3. The minimum atomic E-state index is -0.108. The van der Waals surface area contributed by atoms with Crippen LogP contribution in [0.1, 0.15) is 25.3 Å². The third-order valence-electron chi connectivity index (χ3n) is 1.63. The van der Waals surface area contributed by atoms with Crippen LogP contribution in [0.25, 0.3) is 0 Å². The Balaban J connectivity index is 2.92. The molecule has 11 heavy (non-hydrogen) atoms. The highest BCUT2D eigenvalue weighted by Gasteiger charge is 2.23. The number of rotatable bonds is 2. The number of hydrogen-bond acceptors (Lipinski definition) is 2. The van der Waals surface area contributed by atoms with Crippen LogP contribution >= 0.6 is 11.6 Å². The molecule has 0 saturated carbocycles. The van der Waals surface area contributed by atoms with Crippen LogP contribution in [0.5, 0.6) is 0 Å². The first kappa shape index (κ1) is 8.60. The van der Waals surface area contributed by atoms with Crippen molar-refractivity contribution in [3.63, 3.8) is 0 Å². The van der Waals surface area contributed by atoms with E-state index < -0.39 is 0 Å². The highest BCUT2D eigenvalue weighted by atomic mass is 35.5. The molecular weight excluding hydrogens is 162 g/mol. The van der Waals surface area contributed by atoms with Gasteiger partial charge in [0.25, 0.3) is 0 Å². The SMILES string of the molecule is Cc1cc(C(C)(C)CCl)on1. The first-order valence-electron chi connectivity index (χ1n) is 3.56. The number of aryl methyl sites for hydroxylation is 1. The zero-order valence-electron chi connectivity index (χ0n) is 7.02. The normalized spacial score (nSPS) is 12.0. The molecule has 1 aromatic heterocycles. The summed E-state index contributed by atoms with van der Waals surface area (Å²) in [5, 5.41) is 3.80. The van der Waals surface area contributed by atoms with Crippen LogP contribution in [0.2, 0.25) is 0 Å². The van der Waals surface area contributed by atoms with Crippen molar-refractivity contribution in [3.8, 4) is 0 Å². The van der Waals surface area contributed by atoms with Gasteiger partial charge in [0.1, 0.15) is 5.76 Å². The number of halogens is 1. The average Bonchev–Trinajstić information content (AvgIpc) is 2.36. The molecule has 0 N–H and O–H groups in total. The van der Waals surface area contributed by atoms with Gasteiger partial charge in [0.05, 0.1) is 5.69 Å². The molecule has 0 atom stereocenters. The Morgan fingerprint density at radius 3 is 2.64 bits per heavy atom. The van der Waals surface area contributed by atoms with Crippen molar-refractivity contribution in [3.05, 3.63) is 17.5 Å². The maximum atomic E-state index is 5.75. The minimum absolute atomic E-state index is 0.108. The van der Waals surface area contributed by atoms with E-state index in [-0.39, 0.29) is 5.41 Å². The Labute approximate surface area is 71.5 Å². The topological polar surface area (TPSA) is 26.0 Å². The smallest absolute Gasteiger partial charge is 0.143 e. The third-order valence-corrected chi connectivity index (χ3v) is 2.30. The maximum absolute atomic E-state index is 5.75. The molecule has 0 fully saturated rings. The molecule has 0 aliphatic carbocycles. The number of alkyl halides is 1. The van der Waals surface area contributed by atoms with Gasteiger partial charge in [-0.15, -0.1) is 11.6 Å². The Bertz CT molecular complexity index is 242. The summed E-state index contributed by atoms with van der Waals surface area (Å²) in [4.78, 5) is 0. The van der Waals surface area contributed by atoms with Gasteiger partial charge < -0.3 is 4.52 Å². The molecule has 1 rings (SSSR count). The van der Waals surface area contributed by atoms with E-state index in [1.165, 1.54) is 0 Å². The van der Waals surface area contributed by atoms with Crippen LogP contribution in [-0.4, -0.2) is 11.0 Å². The average molecular weight is 174 g/mol. The highest BCUT2D eigenvalue weighted by molar-refractivity contribution is 6.18. The van der Waals surface area contributed by atoms with E-state index >= 15 is 0 Å². The summed E-state index contributed by atoms with van der Waals surface area (Å²) >= 11 is 5.75. The minimum Gasteiger partial charge on any atom is -0.361 e. The van der Waals surface area contributed by atoms with Crippen molar-refractivity contribution in [2.24, 2.45) is 0 Å². The van der Waals surface area contributed by atoms with Crippen molar-refractivity contribution >= 4 is 11.6 Å². The van der Waals surface area contributed by atoms with E-state index in [1.807, 2.05) is 26.8 Å². The Morgan fingerprint density at radius 1 is 1.64 bits per heavy atom. The maximum Gasteiger partial charge on any atom is 0.143 e. The lowest BCUT2D eigenvalue weighted by molar-refractivity contribution is 0.329. The molecule has 0 amide bonds. The molecule has 0 saturated heterocycles. The van der Waals surface area contributed by atoms with Gasteiger partial charge in [-0.1, -0.05) is 19.0 Å². The molecule has 0 aromatic carbocycles. The molecule has 62 valence electrons. The Morgan fingerprint density at radius 2 is 2.27 bits per heavy atom. The second-order valence-corrected chi connectivity index (χ2v) is 3.62. The van der Waals surface area contributed by atoms with Crippen LogP contribution in [0, 0.1) is 6.92 Å². The van der Waals surface area contributed by atoms with Crippen LogP contribution in [0.3, 0.4) is 0 Å². The highest BCUT2D eigenvalue weighted by Crippen LogP contribution is 2.24. The van der Waals surface area contributed by atoms with Crippen LogP contribution < -0.4 is 0 Å². The summed E-state index contributed by atoms with van der Waals surface area (Å²) in [7, 11) is 0. The Kier molecular flexibility index (Phi) is 2.23. The lowest BCUT2D eigenvalue weighted by Gasteiger charge is -2.16. The van der Waals surface area contributed by atoms with E-state index in [0.29, 0.717) is 5.88 Å². The fourth-order valence-electron chi connectivity index (χ4n) is 0.748. The van der Waals surface area contributed by atoms with Crippen LogP contribution in [0.4, 0.5) is 0 Å². The first-order valence-corrected chi connectivity index (χ1v) is 4.09. The largest absolute Gasteiger partial charge is 0.361 e. The van der Waals surface area contributed by atoms with E-state index in [9.17, 15) is 0 Å². The van der Waals surface area contributed by atoms with Crippen molar-refractivity contribution < 1.29 is 4.52 Å². The predicted octanol–water partition coefficient (Wildman–Crippen LogP) is 2.50. The van der Waals surface area contributed by atoms with Gasteiger partial charge >= 0.3 is 0 Å². The van der Waals surface area contributed by atoms with Gasteiger partial charge in [0, 0.05) is 17.4 Å². The summed E-state index contributed by atoms with van der Waals surface area (Å²) in [6, 6.07) is 1.92. The van der Waals surface area contributed by atoms with Crippen molar-refractivity contribution in [2.75, 3.05) is 5.88 Å². The van der Waals surface area contributed by atoms with Crippen molar-refractivity contribution in [2.45, 2.75) is 26.2 Å². The van der Waals surface area contributed by atoms with E-state index in [0.717, 1.165) is 11.5 Å². The van der Waals surface area contributed by atoms with E-state index in [4.69, 9.17) is 16.1 Å². The molecule has 1 heterocycles. The number of nitrogens with zero attached hydrogens (tertiary/aromatic N) is 1. The fraction of sp³-hybridized carbons (Fsp3) is 0.625. The molecule has 2 nitrogen and oxygen atoms in total. The van der Waals surface area contributed by atoms with Gasteiger partial charge in [-0.2, -0.15) is 0 Å². The fourth-order valence-corrected chi connectivity index (χ4v) is 0.880. The van der Waals surface area contributed by atoms with E-state index in [1.54, 1.807) is 0 Å². The monoisotopic (exact) mass is 173 g/mol. The summed E-state index contributed by atoms with van der Waals surface area (Å²) in [6.07, 6.45) is 0. The molecule has 0 unspecified atom stereocenters. The van der Waals surface area contributed by atoms with Gasteiger partial charge in [-0.3, -0.25) is 0 Å². The number of aromatic nitrogens is 1. The molecule has 3 heteroatoms. The number of hydrogen-bond donors (Lipinski definition) is 0. The molecule has 0 bridgehead atoms.